The number of fused-ring (bicyclic) bond motifs is 5. The van der Waals surface area contributed by atoms with E-state index in [9.17, 15) is 34.8 Å². The van der Waals surface area contributed by atoms with Gasteiger partial charge in [0.15, 0.2) is 5.78 Å². The van der Waals surface area contributed by atoms with E-state index in [0.717, 1.165) is 0 Å². The van der Waals surface area contributed by atoms with Gasteiger partial charge in [-0.05, 0) is 87.7 Å². The van der Waals surface area contributed by atoms with Gasteiger partial charge in [0.2, 0.25) is 0 Å². The molecule has 9 nitrogen and oxygen atoms in total. The lowest BCUT2D eigenvalue weighted by Gasteiger charge is -2.60. The van der Waals surface area contributed by atoms with Crippen LogP contribution in [-0.4, -0.2) is 73.8 Å². The minimum absolute atomic E-state index is 0.126. The summed E-state index contributed by atoms with van der Waals surface area (Å²) in [5.74, 6) is -2.61. The quantitative estimate of drug-likeness (QED) is 0.371. The van der Waals surface area contributed by atoms with Crippen molar-refractivity contribution < 1.29 is 44.3 Å². The van der Waals surface area contributed by atoms with Gasteiger partial charge in [0.25, 0.3) is 0 Å². The first-order valence-electron chi connectivity index (χ1n) is 14.9. The van der Waals surface area contributed by atoms with Crippen molar-refractivity contribution in [2.24, 2.45) is 40.4 Å². The lowest BCUT2D eigenvalue weighted by molar-refractivity contribution is -0.194. The van der Waals surface area contributed by atoms with Crippen molar-refractivity contribution in [1.29, 1.82) is 0 Å². The van der Waals surface area contributed by atoms with Crippen LogP contribution in [0.5, 0.6) is 0 Å². The first-order chi connectivity index (χ1) is 18.5. The van der Waals surface area contributed by atoms with Gasteiger partial charge in [0.05, 0.1) is 23.7 Å². The van der Waals surface area contributed by atoms with Crippen molar-refractivity contribution in [3.8, 4) is 0 Å². The molecule has 4 aliphatic carbocycles. The molecule has 3 saturated carbocycles. The maximum atomic E-state index is 13.4. The van der Waals surface area contributed by atoms with Gasteiger partial charge in [-0.2, -0.15) is 0 Å². The fourth-order valence-corrected chi connectivity index (χ4v) is 9.74. The zero-order valence-corrected chi connectivity index (χ0v) is 24.6. The van der Waals surface area contributed by atoms with Gasteiger partial charge < -0.3 is 29.9 Å². The Morgan fingerprint density at radius 2 is 1.82 bits per heavy atom. The standard InChI is InChI=1S/C31H46O9/c1-15-18(16(2)39-27(15)36)11-26(40-17(3)32)30(6,37)25-8-10-31(38)20-12-22(33)21-13-23(34)24(35)14-28(21,4)19(20)7-9-29(25,31)5/h12,15-16,18-19,21,23-26,34-35,37-38H,7-11,13-14H2,1-6H3/t15-,16+,18-,19-,21-,23+,24-,25+,26+,28+,29+,30+,31+/m0/s1. The molecule has 1 aliphatic heterocycles. The number of hydrogen-bond acceptors (Lipinski definition) is 9. The summed E-state index contributed by atoms with van der Waals surface area (Å²) in [5.41, 5.74) is -3.61. The number of allylic oxidation sites excluding steroid dienone is 1. The van der Waals surface area contributed by atoms with E-state index >= 15 is 0 Å². The largest absolute Gasteiger partial charge is 0.462 e. The van der Waals surface area contributed by atoms with Crippen LogP contribution in [0, 0.1) is 40.4 Å². The fourth-order valence-electron chi connectivity index (χ4n) is 9.74. The van der Waals surface area contributed by atoms with E-state index in [-0.39, 0.29) is 49.0 Å². The zero-order valence-electron chi connectivity index (χ0n) is 24.6. The van der Waals surface area contributed by atoms with E-state index in [4.69, 9.17) is 9.47 Å². The lowest BCUT2D eigenvalue weighted by Crippen LogP contribution is -2.63. The Morgan fingerprint density at radius 1 is 1.15 bits per heavy atom. The van der Waals surface area contributed by atoms with E-state index in [1.165, 1.54) is 6.92 Å². The minimum Gasteiger partial charge on any atom is -0.462 e. The predicted octanol–water partition coefficient (Wildman–Crippen LogP) is 2.46. The Kier molecular flexibility index (Phi) is 7.13. The van der Waals surface area contributed by atoms with Crippen molar-refractivity contribution >= 4 is 17.7 Å². The number of esters is 2. The minimum atomic E-state index is -1.53. The van der Waals surface area contributed by atoms with Gasteiger partial charge in [-0.3, -0.25) is 14.4 Å². The molecule has 0 bridgehead atoms. The van der Waals surface area contributed by atoms with Crippen LogP contribution in [0.2, 0.25) is 0 Å². The van der Waals surface area contributed by atoms with Crippen LogP contribution < -0.4 is 0 Å². The third kappa shape index (κ3) is 4.13. The fraction of sp³-hybridized carbons (Fsp3) is 0.839. The van der Waals surface area contributed by atoms with Crippen LogP contribution in [0.15, 0.2) is 11.6 Å². The van der Waals surface area contributed by atoms with Gasteiger partial charge in [0, 0.05) is 24.2 Å². The van der Waals surface area contributed by atoms with Crippen molar-refractivity contribution in [3.05, 3.63) is 11.6 Å². The molecule has 1 saturated heterocycles. The molecule has 5 rings (SSSR count). The topological polar surface area (TPSA) is 151 Å². The maximum absolute atomic E-state index is 13.4. The Bertz CT molecular complexity index is 1110. The molecule has 4 fully saturated rings. The average molecular weight is 563 g/mol. The second-order valence-electron chi connectivity index (χ2n) is 14.2. The van der Waals surface area contributed by atoms with Gasteiger partial charge in [0.1, 0.15) is 17.8 Å². The number of aliphatic hydroxyl groups excluding tert-OH is 2. The number of carbonyl (C=O) groups excluding carboxylic acids is 3. The monoisotopic (exact) mass is 562 g/mol. The van der Waals surface area contributed by atoms with E-state index in [2.05, 4.69) is 0 Å². The van der Waals surface area contributed by atoms with Crippen molar-refractivity contribution in [3.63, 3.8) is 0 Å². The predicted molar refractivity (Wildman–Crippen MR) is 143 cm³/mol. The molecular formula is C31H46O9. The third-order valence-electron chi connectivity index (χ3n) is 12.2. The molecule has 0 aromatic rings. The van der Waals surface area contributed by atoms with Gasteiger partial charge in [-0.1, -0.05) is 20.8 Å². The van der Waals surface area contributed by atoms with Crippen LogP contribution in [0.25, 0.3) is 0 Å². The molecule has 0 radical (unpaired) electrons. The number of rotatable bonds is 5. The number of ether oxygens (including phenoxy) is 2. The smallest absolute Gasteiger partial charge is 0.309 e. The number of carbonyl (C=O) groups is 3. The maximum Gasteiger partial charge on any atom is 0.309 e. The molecular weight excluding hydrogens is 516 g/mol. The highest BCUT2D eigenvalue weighted by Crippen LogP contribution is 2.68. The van der Waals surface area contributed by atoms with E-state index < -0.39 is 64.1 Å². The van der Waals surface area contributed by atoms with Crippen molar-refractivity contribution in [2.75, 3.05) is 0 Å². The van der Waals surface area contributed by atoms with E-state index in [1.807, 2.05) is 20.8 Å². The molecule has 224 valence electrons. The second kappa shape index (κ2) is 9.61. The SMILES string of the molecule is CC(=O)O[C@H](C[C@H]1[C@H](C)C(=O)O[C@@H]1C)[C@](C)(O)[C@@H]1CC[C@@]2(O)C3=CC(=O)[C@@H]4C[C@@H](O)[C@@H](O)C[C@]4(C)[C@H]3CC[C@]12C. The summed E-state index contributed by atoms with van der Waals surface area (Å²) in [6, 6.07) is 0. The van der Waals surface area contributed by atoms with Crippen LogP contribution in [0.4, 0.5) is 0 Å². The van der Waals surface area contributed by atoms with Gasteiger partial charge in [-0.25, -0.2) is 0 Å². The summed E-state index contributed by atoms with van der Waals surface area (Å²) in [7, 11) is 0. The molecule has 13 atom stereocenters. The zero-order chi connectivity index (χ0) is 29.6. The normalized spacial score (nSPS) is 48.7. The summed E-state index contributed by atoms with van der Waals surface area (Å²) in [4.78, 5) is 37.9. The molecule has 5 aliphatic rings. The molecule has 9 heteroatoms. The van der Waals surface area contributed by atoms with E-state index in [1.54, 1.807) is 19.9 Å². The summed E-state index contributed by atoms with van der Waals surface area (Å²) < 4.78 is 11.2. The highest BCUT2D eigenvalue weighted by atomic mass is 16.6. The Morgan fingerprint density at radius 3 is 2.42 bits per heavy atom. The molecule has 0 spiro atoms. The van der Waals surface area contributed by atoms with Gasteiger partial charge in [-0.15, -0.1) is 0 Å². The third-order valence-corrected chi connectivity index (χ3v) is 12.2. The summed E-state index contributed by atoms with van der Waals surface area (Å²) in [6.07, 6.45) is 1.21. The van der Waals surface area contributed by atoms with Gasteiger partial charge >= 0.3 is 11.9 Å². The Labute approximate surface area is 236 Å². The molecule has 4 N–H and O–H groups in total. The Hall–Kier alpha value is -1.81. The van der Waals surface area contributed by atoms with Crippen LogP contribution in [0.1, 0.15) is 86.5 Å². The molecule has 0 aromatic carbocycles. The first-order valence-corrected chi connectivity index (χ1v) is 14.9. The summed E-state index contributed by atoms with van der Waals surface area (Å²) in [5, 5.41) is 45.6. The molecule has 1 heterocycles. The number of hydrogen-bond donors (Lipinski definition) is 4. The highest BCUT2D eigenvalue weighted by molar-refractivity contribution is 5.95. The van der Waals surface area contributed by atoms with Crippen LogP contribution in [0.3, 0.4) is 0 Å². The number of cyclic esters (lactones) is 1. The summed E-state index contributed by atoms with van der Waals surface area (Å²) in [6.45, 7) is 10.5. The summed E-state index contributed by atoms with van der Waals surface area (Å²) >= 11 is 0. The number of ketones is 1. The average Bonchev–Trinajstić information content (AvgIpc) is 3.27. The highest BCUT2D eigenvalue weighted by Gasteiger charge is 2.69. The molecule has 0 unspecified atom stereocenters. The Balaban J connectivity index is 1.48. The van der Waals surface area contributed by atoms with E-state index in [0.29, 0.717) is 31.3 Å². The molecule has 40 heavy (non-hydrogen) atoms. The lowest BCUT2D eigenvalue weighted by atomic mass is 9.45. The first kappa shape index (κ1) is 29.7. The van der Waals surface area contributed by atoms with Crippen LogP contribution >= 0.6 is 0 Å². The van der Waals surface area contributed by atoms with Crippen LogP contribution in [-0.2, 0) is 23.9 Å². The molecule has 0 aromatic heterocycles. The number of aliphatic hydroxyl groups is 4. The molecule has 0 amide bonds. The second-order valence-corrected chi connectivity index (χ2v) is 14.2. The van der Waals surface area contributed by atoms with Crippen molar-refractivity contribution in [1.82, 2.24) is 0 Å². The van der Waals surface area contributed by atoms with Crippen molar-refractivity contribution in [2.45, 2.75) is 122 Å².